The first-order chi connectivity index (χ1) is 14.1. The second kappa shape index (κ2) is 12.0. The Hall–Kier alpha value is -3.60. The van der Waals surface area contributed by atoms with Gasteiger partial charge in [0.15, 0.2) is 6.61 Å². The highest BCUT2D eigenvalue weighted by molar-refractivity contribution is 5.88. The summed E-state index contributed by atoms with van der Waals surface area (Å²) in [5, 5.41) is 2.80. The van der Waals surface area contributed by atoms with Crippen molar-refractivity contribution >= 4 is 11.9 Å². The molecular weight excluding hydrogens is 366 g/mol. The van der Waals surface area contributed by atoms with Crippen molar-refractivity contribution in [1.82, 2.24) is 5.32 Å². The van der Waals surface area contributed by atoms with Gasteiger partial charge in [0.05, 0.1) is 0 Å². The molecule has 0 fully saturated rings. The van der Waals surface area contributed by atoms with E-state index in [9.17, 15) is 9.59 Å². The fourth-order valence-corrected chi connectivity index (χ4v) is 2.35. The SMILES string of the molecule is C=CC(=C)/C=C/C(=O)NCCc1cccc(OCC(=O)OCc2ccccc2)c1. The number of allylic oxidation sites excluding steroid dienone is 3. The largest absolute Gasteiger partial charge is 0.482 e. The van der Waals surface area contributed by atoms with Crippen molar-refractivity contribution < 1.29 is 19.1 Å². The van der Waals surface area contributed by atoms with Gasteiger partial charge in [0.1, 0.15) is 12.4 Å². The molecule has 2 aromatic carbocycles. The number of hydrogen-bond donors (Lipinski definition) is 1. The lowest BCUT2D eigenvalue weighted by molar-refractivity contribution is -0.147. The van der Waals surface area contributed by atoms with Gasteiger partial charge in [0, 0.05) is 12.6 Å². The van der Waals surface area contributed by atoms with Crippen LogP contribution in [0.2, 0.25) is 0 Å². The molecule has 0 spiro atoms. The monoisotopic (exact) mass is 391 g/mol. The number of nitrogens with one attached hydrogen (secondary N) is 1. The lowest BCUT2D eigenvalue weighted by atomic mass is 10.1. The van der Waals surface area contributed by atoms with E-state index in [1.54, 1.807) is 18.2 Å². The molecule has 0 aliphatic rings. The normalized spacial score (nSPS) is 10.3. The second-order valence-electron chi connectivity index (χ2n) is 6.24. The van der Waals surface area contributed by atoms with Crippen LogP contribution in [0.3, 0.4) is 0 Å². The second-order valence-corrected chi connectivity index (χ2v) is 6.24. The highest BCUT2D eigenvalue weighted by atomic mass is 16.6. The molecule has 0 saturated carbocycles. The Morgan fingerprint density at radius 2 is 1.76 bits per heavy atom. The van der Waals surface area contributed by atoms with E-state index in [0.29, 0.717) is 24.3 Å². The zero-order chi connectivity index (χ0) is 20.9. The fourth-order valence-electron chi connectivity index (χ4n) is 2.35. The van der Waals surface area contributed by atoms with Gasteiger partial charge in [-0.15, -0.1) is 0 Å². The molecule has 0 atom stereocenters. The van der Waals surface area contributed by atoms with Gasteiger partial charge >= 0.3 is 5.97 Å². The Kier molecular flexibility index (Phi) is 8.96. The smallest absolute Gasteiger partial charge is 0.344 e. The van der Waals surface area contributed by atoms with Crippen molar-refractivity contribution in [3.63, 3.8) is 0 Å². The van der Waals surface area contributed by atoms with Gasteiger partial charge in [-0.3, -0.25) is 4.79 Å². The average molecular weight is 391 g/mol. The third-order valence-electron chi connectivity index (χ3n) is 3.92. The zero-order valence-corrected chi connectivity index (χ0v) is 16.3. The molecule has 1 N–H and O–H groups in total. The average Bonchev–Trinajstić information content (AvgIpc) is 2.75. The summed E-state index contributed by atoms with van der Waals surface area (Å²) in [7, 11) is 0. The first-order valence-corrected chi connectivity index (χ1v) is 9.25. The maximum Gasteiger partial charge on any atom is 0.344 e. The zero-order valence-electron chi connectivity index (χ0n) is 16.3. The van der Waals surface area contributed by atoms with Gasteiger partial charge in [-0.25, -0.2) is 4.79 Å². The fraction of sp³-hybridized carbons (Fsp3) is 0.167. The van der Waals surface area contributed by atoms with Crippen molar-refractivity contribution in [3.05, 3.63) is 103 Å². The van der Waals surface area contributed by atoms with Crippen molar-refractivity contribution in [3.8, 4) is 5.75 Å². The molecule has 150 valence electrons. The first-order valence-electron chi connectivity index (χ1n) is 9.25. The van der Waals surface area contributed by atoms with Crippen molar-refractivity contribution in [2.45, 2.75) is 13.0 Å². The number of carbonyl (C=O) groups is 2. The molecule has 0 bridgehead atoms. The van der Waals surface area contributed by atoms with Crippen LogP contribution in [0, 0.1) is 0 Å². The Balaban J connectivity index is 1.72. The lowest BCUT2D eigenvalue weighted by Gasteiger charge is -2.09. The lowest BCUT2D eigenvalue weighted by Crippen LogP contribution is -2.23. The summed E-state index contributed by atoms with van der Waals surface area (Å²) in [5.74, 6) is -0.0475. The van der Waals surface area contributed by atoms with E-state index in [0.717, 1.165) is 11.1 Å². The Labute approximate surface area is 171 Å². The number of benzene rings is 2. The summed E-state index contributed by atoms with van der Waals surface area (Å²) in [6, 6.07) is 16.9. The minimum absolute atomic E-state index is 0.162. The molecule has 29 heavy (non-hydrogen) atoms. The quantitative estimate of drug-likeness (QED) is 0.360. The Bertz CT molecular complexity index is 871. The van der Waals surface area contributed by atoms with Crippen molar-refractivity contribution in [1.29, 1.82) is 0 Å². The van der Waals surface area contributed by atoms with E-state index in [1.807, 2.05) is 48.5 Å². The molecule has 0 aliphatic carbocycles. The van der Waals surface area contributed by atoms with Crippen LogP contribution in [0.1, 0.15) is 11.1 Å². The molecule has 0 radical (unpaired) electrons. The van der Waals surface area contributed by atoms with Crippen LogP contribution >= 0.6 is 0 Å². The molecule has 0 aromatic heterocycles. The molecule has 2 aromatic rings. The summed E-state index contributed by atoms with van der Waals surface area (Å²) in [6.07, 6.45) is 5.24. The highest BCUT2D eigenvalue weighted by Crippen LogP contribution is 2.14. The summed E-state index contributed by atoms with van der Waals surface area (Å²) < 4.78 is 10.7. The minimum Gasteiger partial charge on any atom is -0.482 e. The standard InChI is InChI=1S/C24H25NO4/c1-3-19(2)12-13-23(26)25-15-14-20-10-7-11-22(16-20)28-18-24(27)29-17-21-8-5-4-6-9-21/h3-13,16H,1-2,14-15,17-18H2,(H,25,26)/b13-12+. The topological polar surface area (TPSA) is 64.6 Å². The van der Waals surface area contributed by atoms with E-state index < -0.39 is 5.97 Å². The van der Waals surface area contributed by atoms with E-state index in [1.165, 1.54) is 6.08 Å². The van der Waals surface area contributed by atoms with Gasteiger partial charge in [-0.2, -0.15) is 0 Å². The molecule has 2 rings (SSSR count). The van der Waals surface area contributed by atoms with Gasteiger partial charge in [-0.05, 0) is 35.3 Å². The number of ether oxygens (including phenoxy) is 2. The van der Waals surface area contributed by atoms with Gasteiger partial charge in [-0.1, -0.05) is 67.8 Å². The summed E-state index contributed by atoms with van der Waals surface area (Å²) in [6.45, 7) is 7.82. The molecule has 0 unspecified atom stereocenters. The number of carbonyl (C=O) groups excluding carboxylic acids is 2. The van der Waals surface area contributed by atoms with Crippen molar-refractivity contribution in [2.24, 2.45) is 0 Å². The Morgan fingerprint density at radius 3 is 2.52 bits per heavy atom. The third-order valence-corrected chi connectivity index (χ3v) is 3.92. The molecule has 0 saturated heterocycles. The summed E-state index contributed by atoms with van der Waals surface area (Å²) in [4.78, 5) is 23.6. The predicted octanol–water partition coefficient (Wildman–Crippen LogP) is 3.77. The van der Waals surface area contributed by atoms with E-state index >= 15 is 0 Å². The van der Waals surface area contributed by atoms with Gasteiger partial charge in [0.2, 0.25) is 5.91 Å². The predicted molar refractivity (Wildman–Crippen MR) is 113 cm³/mol. The summed E-state index contributed by atoms with van der Waals surface area (Å²) >= 11 is 0. The van der Waals surface area contributed by atoms with E-state index in [-0.39, 0.29) is 19.1 Å². The van der Waals surface area contributed by atoms with E-state index in [2.05, 4.69) is 18.5 Å². The first kappa shape index (κ1) is 21.7. The van der Waals surface area contributed by atoms with Gasteiger partial charge in [0.25, 0.3) is 0 Å². The molecule has 5 heteroatoms. The van der Waals surface area contributed by atoms with Gasteiger partial charge < -0.3 is 14.8 Å². The summed E-state index contributed by atoms with van der Waals surface area (Å²) in [5.41, 5.74) is 2.58. The molecule has 0 heterocycles. The molecule has 5 nitrogen and oxygen atoms in total. The van der Waals surface area contributed by atoms with E-state index in [4.69, 9.17) is 9.47 Å². The molecule has 0 aliphatic heterocycles. The van der Waals surface area contributed by atoms with Crippen LogP contribution in [0.15, 0.2) is 91.6 Å². The number of esters is 1. The minimum atomic E-state index is -0.431. The maximum atomic E-state index is 11.8. The van der Waals surface area contributed by atoms with Crippen LogP contribution in [-0.2, 0) is 27.4 Å². The van der Waals surface area contributed by atoms with Crippen LogP contribution < -0.4 is 10.1 Å². The third kappa shape index (κ3) is 8.75. The van der Waals surface area contributed by atoms with Crippen molar-refractivity contribution in [2.75, 3.05) is 13.2 Å². The molecule has 1 amide bonds. The maximum absolute atomic E-state index is 11.8. The van der Waals surface area contributed by atoms with Crippen LogP contribution in [-0.4, -0.2) is 25.0 Å². The number of rotatable bonds is 11. The van der Waals surface area contributed by atoms with Crippen LogP contribution in [0.5, 0.6) is 5.75 Å². The highest BCUT2D eigenvalue weighted by Gasteiger charge is 2.06. The Morgan fingerprint density at radius 1 is 1.00 bits per heavy atom. The molecular formula is C24H25NO4. The number of amides is 1. The van der Waals surface area contributed by atoms with Crippen LogP contribution in [0.4, 0.5) is 0 Å². The van der Waals surface area contributed by atoms with Crippen LogP contribution in [0.25, 0.3) is 0 Å². The number of hydrogen-bond acceptors (Lipinski definition) is 4.